The molecule has 0 aliphatic carbocycles. The molecule has 9 nitrogen and oxygen atoms in total. The molecule has 2 heterocycles. The highest BCUT2D eigenvalue weighted by atomic mass is 35.5. The van der Waals surface area contributed by atoms with Crippen molar-refractivity contribution in [2.24, 2.45) is 0 Å². The van der Waals surface area contributed by atoms with Crippen LogP contribution in [-0.2, 0) is 20.9 Å². The largest absolute Gasteiger partial charge is 0.376 e. The molecule has 1 fully saturated rings. The van der Waals surface area contributed by atoms with Gasteiger partial charge >= 0.3 is 0 Å². The quantitative estimate of drug-likeness (QED) is 0.302. The van der Waals surface area contributed by atoms with E-state index < -0.39 is 23.7 Å². The summed E-state index contributed by atoms with van der Waals surface area (Å²) in [6.45, 7) is 0.606. The first-order chi connectivity index (χ1) is 19.4. The zero-order valence-electron chi connectivity index (χ0n) is 21.2. The number of ether oxygens (including phenoxy) is 1. The number of carbonyl (C=O) groups excluding carboxylic acids is 2. The predicted molar refractivity (Wildman–Crippen MR) is 148 cm³/mol. The summed E-state index contributed by atoms with van der Waals surface area (Å²) in [5, 5.41) is 16.3. The Kier molecular flexibility index (Phi) is 8.69. The van der Waals surface area contributed by atoms with E-state index in [-0.39, 0.29) is 19.2 Å². The molecule has 0 radical (unpaired) electrons. The minimum absolute atomic E-state index is 0.108. The molecular weight excluding hydrogens is 558 g/mol. The monoisotopic (exact) mass is 582 g/mol. The Bertz CT molecular complexity index is 1460. The minimum atomic E-state index is -1.13. The van der Waals surface area contributed by atoms with Gasteiger partial charge in [-0.15, -0.1) is 10.2 Å². The van der Waals surface area contributed by atoms with E-state index in [1.54, 1.807) is 48.5 Å². The number of carbonyl (C=O) groups is 2. The fourth-order valence-corrected chi connectivity index (χ4v) is 4.69. The number of benzene rings is 3. The van der Waals surface area contributed by atoms with Gasteiger partial charge in [0.05, 0.1) is 6.10 Å². The van der Waals surface area contributed by atoms with E-state index in [4.69, 9.17) is 27.9 Å². The zero-order chi connectivity index (χ0) is 28.1. The third kappa shape index (κ3) is 6.64. The molecule has 3 aromatic carbocycles. The number of amides is 2. The highest BCUT2D eigenvalue weighted by Crippen LogP contribution is 2.30. The van der Waals surface area contributed by atoms with Gasteiger partial charge in [0.2, 0.25) is 11.7 Å². The van der Waals surface area contributed by atoms with Crippen LogP contribution in [-0.4, -0.2) is 51.3 Å². The summed E-state index contributed by atoms with van der Waals surface area (Å²) >= 11 is 12.1. The molecular formula is C28H25Cl2FN6O3. The van der Waals surface area contributed by atoms with E-state index in [1.807, 2.05) is 0 Å². The van der Waals surface area contributed by atoms with Crippen LogP contribution in [0.3, 0.4) is 0 Å². The average molecular weight is 583 g/mol. The van der Waals surface area contributed by atoms with Gasteiger partial charge in [0.15, 0.2) is 0 Å². The van der Waals surface area contributed by atoms with Crippen LogP contribution in [0.25, 0.3) is 11.4 Å². The molecule has 4 aromatic rings. The Hall–Kier alpha value is -3.86. The SMILES string of the molecule is O=C(NC[C@H]1CCCO1)[C@H](c1ccc(F)cc1)N(C(=O)Cn1nnc(-c2ccc(Cl)cc2)n1)c1ccc(Cl)cc1. The molecule has 5 rings (SSSR count). The average Bonchev–Trinajstić information content (AvgIpc) is 3.65. The second-order valence-electron chi connectivity index (χ2n) is 9.22. The van der Waals surface area contributed by atoms with E-state index in [0.29, 0.717) is 39.3 Å². The topological polar surface area (TPSA) is 102 Å². The molecule has 40 heavy (non-hydrogen) atoms. The number of hydrogen-bond donors (Lipinski definition) is 1. The van der Waals surface area contributed by atoms with Crippen LogP contribution >= 0.6 is 23.2 Å². The van der Waals surface area contributed by atoms with Crippen LogP contribution in [0.15, 0.2) is 72.8 Å². The second kappa shape index (κ2) is 12.5. The third-order valence-electron chi connectivity index (χ3n) is 6.43. The maximum absolute atomic E-state index is 13.9. The number of aromatic nitrogens is 4. The Morgan fingerprint density at radius 1 is 1.02 bits per heavy atom. The van der Waals surface area contributed by atoms with Crippen molar-refractivity contribution in [2.45, 2.75) is 31.5 Å². The van der Waals surface area contributed by atoms with Crippen LogP contribution < -0.4 is 10.2 Å². The summed E-state index contributed by atoms with van der Waals surface area (Å²) in [6, 6.07) is 17.7. The van der Waals surface area contributed by atoms with Gasteiger partial charge in [-0.05, 0) is 84.3 Å². The molecule has 1 aliphatic heterocycles. The maximum atomic E-state index is 13.9. The smallest absolute Gasteiger partial charge is 0.251 e. The fraction of sp³-hybridized carbons (Fsp3) is 0.250. The molecule has 2 amide bonds. The number of anilines is 1. The van der Waals surface area contributed by atoms with Gasteiger partial charge in [0.1, 0.15) is 18.4 Å². The van der Waals surface area contributed by atoms with E-state index >= 15 is 0 Å². The highest BCUT2D eigenvalue weighted by Gasteiger charge is 2.34. The Labute approximate surface area is 239 Å². The van der Waals surface area contributed by atoms with E-state index in [2.05, 4.69) is 20.7 Å². The van der Waals surface area contributed by atoms with Gasteiger partial charge in [-0.3, -0.25) is 14.5 Å². The lowest BCUT2D eigenvalue weighted by molar-refractivity contribution is -0.127. The van der Waals surface area contributed by atoms with Crippen molar-refractivity contribution >= 4 is 40.7 Å². The van der Waals surface area contributed by atoms with Gasteiger partial charge in [-0.25, -0.2) is 4.39 Å². The predicted octanol–water partition coefficient (Wildman–Crippen LogP) is 4.86. The molecule has 1 aliphatic rings. The van der Waals surface area contributed by atoms with Crippen LogP contribution in [0.1, 0.15) is 24.4 Å². The van der Waals surface area contributed by atoms with Crippen LogP contribution in [0.2, 0.25) is 10.0 Å². The van der Waals surface area contributed by atoms with E-state index in [0.717, 1.165) is 17.6 Å². The number of rotatable bonds is 9. The Morgan fingerprint density at radius 3 is 2.35 bits per heavy atom. The first-order valence-corrected chi connectivity index (χ1v) is 13.4. The number of halogens is 3. The summed E-state index contributed by atoms with van der Waals surface area (Å²) in [4.78, 5) is 30.1. The molecule has 0 unspecified atom stereocenters. The van der Waals surface area contributed by atoms with Crippen molar-refractivity contribution in [3.8, 4) is 11.4 Å². The number of hydrogen-bond acceptors (Lipinski definition) is 6. The highest BCUT2D eigenvalue weighted by molar-refractivity contribution is 6.31. The van der Waals surface area contributed by atoms with Gasteiger partial charge in [-0.1, -0.05) is 35.3 Å². The summed E-state index contributed by atoms with van der Waals surface area (Å²) in [5.41, 5.74) is 1.51. The zero-order valence-corrected chi connectivity index (χ0v) is 22.7. The first kappa shape index (κ1) is 27.7. The number of nitrogens with one attached hydrogen (secondary N) is 1. The Balaban J connectivity index is 1.47. The van der Waals surface area contributed by atoms with Gasteiger partial charge in [0, 0.05) is 34.4 Å². The second-order valence-corrected chi connectivity index (χ2v) is 10.1. The van der Waals surface area contributed by atoms with Gasteiger partial charge in [0.25, 0.3) is 5.91 Å². The van der Waals surface area contributed by atoms with Crippen molar-refractivity contribution < 1.29 is 18.7 Å². The van der Waals surface area contributed by atoms with E-state index in [9.17, 15) is 14.0 Å². The lowest BCUT2D eigenvalue weighted by Crippen LogP contribution is -2.46. The molecule has 12 heteroatoms. The summed E-state index contributed by atoms with van der Waals surface area (Å²) in [7, 11) is 0. The van der Waals surface area contributed by atoms with Crippen molar-refractivity contribution in [3.05, 3.63) is 94.2 Å². The maximum Gasteiger partial charge on any atom is 0.251 e. The standard InChI is InChI=1S/C28H25Cl2FN6O3/c29-20-7-3-19(4-8-20)27-33-35-36(34-27)17-25(38)37(23-13-9-21(30)10-14-23)26(18-5-11-22(31)12-6-18)28(39)32-16-24-2-1-15-40-24/h3-14,24,26H,1-2,15-17H2,(H,32,39)/t24-,26+/m1/s1. The van der Waals surface area contributed by atoms with Crippen molar-refractivity contribution in [3.63, 3.8) is 0 Å². The van der Waals surface area contributed by atoms with Crippen LogP contribution in [0.5, 0.6) is 0 Å². The molecule has 0 saturated carbocycles. The Morgan fingerprint density at radius 2 is 1.70 bits per heavy atom. The molecule has 0 bridgehead atoms. The molecule has 1 aromatic heterocycles. The normalized spacial score (nSPS) is 15.5. The van der Waals surface area contributed by atoms with Crippen LogP contribution in [0.4, 0.5) is 10.1 Å². The van der Waals surface area contributed by atoms with Crippen LogP contribution in [0, 0.1) is 5.82 Å². The molecule has 1 saturated heterocycles. The minimum Gasteiger partial charge on any atom is -0.376 e. The van der Waals surface area contributed by atoms with Crippen molar-refractivity contribution in [1.29, 1.82) is 0 Å². The van der Waals surface area contributed by atoms with Crippen molar-refractivity contribution in [1.82, 2.24) is 25.5 Å². The summed E-state index contributed by atoms with van der Waals surface area (Å²) in [5.74, 6) is -1.09. The van der Waals surface area contributed by atoms with Gasteiger partial charge < -0.3 is 10.1 Å². The lowest BCUT2D eigenvalue weighted by atomic mass is 10.0. The third-order valence-corrected chi connectivity index (χ3v) is 6.93. The molecule has 0 spiro atoms. The first-order valence-electron chi connectivity index (χ1n) is 12.6. The number of nitrogens with zero attached hydrogens (tertiary/aromatic N) is 5. The summed E-state index contributed by atoms with van der Waals surface area (Å²) < 4.78 is 19.5. The van der Waals surface area contributed by atoms with Crippen molar-refractivity contribution in [2.75, 3.05) is 18.1 Å². The molecule has 2 atom stereocenters. The fourth-order valence-electron chi connectivity index (χ4n) is 4.44. The molecule has 1 N–H and O–H groups in total. The number of tetrazole rings is 1. The van der Waals surface area contributed by atoms with E-state index in [1.165, 1.54) is 29.2 Å². The summed E-state index contributed by atoms with van der Waals surface area (Å²) in [6.07, 6.45) is 1.64. The lowest BCUT2D eigenvalue weighted by Gasteiger charge is -2.31. The molecule has 206 valence electrons. The van der Waals surface area contributed by atoms with Gasteiger partial charge in [-0.2, -0.15) is 4.80 Å².